The molecule has 0 heterocycles. The van der Waals surface area contributed by atoms with Crippen LogP contribution < -0.4 is 10.6 Å². The van der Waals surface area contributed by atoms with Crippen molar-refractivity contribution in [2.45, 2.75) is 78.1 Å². The molecule has 0 aromatic heterocycles. The lowest BCUT2D eigenvalue weighted by Crippen LogP contribution is -2.55. The summed E-state index contributed by atoms with van der Waals surface area (Å²) in [4.78, 5) is 43.2. The van der Waals surface area contributed by atoms with Crippen LogP contribution in [0.2, 0.25) is 0 Å². The molecular formula is C35H41N3O4. The predicted molar refractivity (Wildman–Crippen MR) is 167 cm³/mol. The van der Waals surface area contributed by atoms with Crippen LogP contribution in [-0.4, -0.2) is 40.5 Å². The summed E-state index contributed by atoms with van der Waals surface area (Å²) < 4.78 is 5.51. The third-order valence-electron chi connectivity index (χ3n) is 6.91. The van der Waals surface area contributed by atoms with Crippen molar-refractivity contribution in [3.05, 3.63) is 101 Å². The molecule has 0 aliphatic rings. The zero-order chi connectivity index (χ0) is 30.9. The van der Waals surface area contributed by atoms with E-state index in [0.29, 0.717) is 23.2 Å². The molecule has 0 fully saturated rings. The number of anilines is 1. The summed E-state index contributed by atoms with van der Waals surface area (Å²) in [5.74, 6) is 1.83. The minimum atomic E-state index is -1.00. The number of para-hydroxylation sites is 1. The van der Waals surface area contributed by atoms with E-state index in [1.54, 1.807) is 49.9 Å². The Morgan fingerprint density at radius 2 is 1.57 bits per heavy atom. The maximum Gasteiger partial charge on any atom is 0.408 e. The summed E-state index contributed by atoms with van der Waals surface area (Å²) in [6.07, 6.45) is 5.67. The first-order valence-corrected chi connectivity index (χ1v) is 14.2. The van der Waals surface area contributed by atoms with E-state index in [-0.39, 0.29) is 18.4 Å². The smallest absolute Gasteiger partial charge is 0.408 e. The van der Waals surface area contributed by atoms with Gasteiger partial charge >= 0.3 is 6.09 Å². The van der Waals surface area contributed by atoms with E-state index in [9.17, 15) is 14.4 Å². The van der Waals surface area contributed by atoms with Gasteiger partial charge < -0.3 is 20.3 Å². The summed E-state index contributed by atoms with van der Waals surface area (Å²) in [5, 5.41) is 5.82. The number of carbonyl (C=O) groups is 3. The lowest BCUT2D eigenvalue weighted by atomic mass is 9.97. The van der Waals surface area contributed by atoms with Crippen molar-refractivity contribution in [3.8, 4) is 12.3 Å². The quantitative estimate of drug-likeness (QED) is 0.277. The van der Waals surface area contributed by atoms with Gasteiger partial charge in [0.25, 0.3) is 5.91 Å². The molecule has 0 aliphatic heterocycles. The Labute approximate surface area is 249 Å². The maximum atomic E-state index is 14.6. The average Bonchev–Trinajstić information content (AvgIpc) is 2.95. The van der Waals surface area contributed by atoms with Gasteiger partial charge in [-0.2, -0.15) is 0 Å². The third-order valence-corrected chi connectivity index (χ3v) is 6.91. The van der Waals surface area contributed by atoms with Gasteiger partial charge in [-0.05, 0) is 75.9 Å². The predicted octanol–water partition coefficient (Wildman–Crippen LogP) is 6.42. The van der Waals surface area contributed by atoms with Gasteiger partial charge in [-0.15, -0.1) is 6.42 Å². The van der Waals surface area contributed by atoms with Crippen molar-refractivity contribution in [1.29, 1.82) is 0 Å². The molecule has 3 aromatic rings. The molecule has 7 heteroatoms. The molecule has 0 saturated carbocycles. The molecule has 3 rings (SSSR count). The summed E-state index contributed by atoms with van der Waals surface area (Å²) >= 11 is 0. The maximum absolute atomic E-state index is 14.6. The fourth-order valence-electron chi connectivity index (χ4n) is 4.59. The van der Waals surface area contributed by atoms with Gasteiger partial charge in [0.2, 0.25) is 5.91 Å². The molecule has 0 saturated heterocycles. The number of amides is 3. The number of hydrogen-bond donors (Lipinski definition) is 2. The monoisotopic (exact) mass is 567 g/mol. The lowest BCUT2D eigenvalue weighted by Gasteiger charge is -2.38. The van der Waals surface area contributed by atoms with Crippen LogP contribution in [0.15, 0.2) is 78.9 Å². The van der Waals surface area contributed by atoms with Crippen LogP contribution in [0.1, 0.15) is 69.3 Å². The first kappa shape index (κ1) is 32.0. The van der Waals surface area contributed by atoms with E-state index in [4.69, 9.17) is 11.2 Å². The fraction of sp³-hybridized carbons (Fsp3) is 0.343. The summed E-state index contributed by atoms with van der Waals surface area (Å²) in [5.41, 5.74) is 2.90. The Kier molecular flexibility index (Phi) is 10.9. The molecule has 0 bridgehead atoms. The average molecular weight is 568 g/mol. The first-order valence-electron chi connectivity index (χ1n) is 14.2. The van der Waals surface area contributed by atoms with E-state index in [1.807, 2.05) is 75.4 Å². The van der Waals surface area contributed by atoms with Crippen molar-refractivity contribution in [2.24, 2.45) is 0 Å². The second-order valence-corrected chi connectivity index (χ2v) is 11.4. The van der Waals surface area contributed by atoms with Crippen LogP contribution in [0, 0.1) is 19.3 Å². The zero-order valence-electron chi connectivity index (χ0n) is 25.3. The molecule has 0 radical (unpaired) electrons. The molecule has 220 valence electrons. The second kappa shape index (κ2) is 14.4. The van der Waals surface area contributed by atoms with Crippen LogP contribution >= 0.6 is 0 Å². The van der Waals surface area contributed by atoms with Gasteiger partial charge in [-0.1, -0.05) is 73.5 Å². The lowest BCUT2D eigenvalue weighted by molar-refractivity contribution is -0.143. The molecule has 3 aromatic carbocycles. The van der Waals surface area contributed by atoms with Crippen molar-refractivity contribution < 1.29 is 19.1 Å². The number of alkyl carbamates (subject to hydrolysis) is 1. The topological polar surface area (TPSA) is 87.7 Å². The summed E-state index contributed by atoms with van der Waals surface area (Å²) in [6, 6.07) is 21.6. The van der Waals surface area contributed by atoms with Gasteiger partial charge in [0.05, 0.1) is 0 Å². The SMILES string of the molecule is C#Cc1ccc(C(C(=O)Nc2ccccc2C)N(C(=O)C(Cc2ccccc2)NC(=O)OC(C)(C)C)C(C)CC)cc1. The van der Waals surface area contributed by atoms with Gasteiger partial charge in [-0.25, -0.2) is 4.79 Å². The van der Waals surface area contributed by atoms with Crippen LogP contribution in [0.4, 0.5) is 10.5 Å². The van der Waals surface area contributed by atoms with E-state index in [2.05, 4.69) is 16.6 Å². The number of aryl methyl sites for hydroxylation is 1. The van der Waals surface area contributed by atoms with E-state index in [1.165, 1.54) is 0 Å². The Hall–Kier alpha value is -4.57. The molecule has 42 heavy (non-hydrogen) atoms. The Bertz CT molecular complexity index is 1400. The van der Waals surface area contributed by atoms with E-state index >= 15 is 0 Å². The number of benzene rings is 3. The third kappa shape index (κ3) is 8.71. The summed E-state index contributed by atoms with van der Waals surface area (Å²) in [7, 11) is 0. The Morgan fingerprint density at radius 3 is 2.14 bits per heavy atom. The van der Waals surface area contributed by atoms with Crippen molar-refractivity contribution in [2.75, 3.05) is 5.32 Å². The molecule has 0 spiro atoms. The Balaban J connectivity index is 2.10. The van der Waals surface area contributed by atoms with Crippen LogP contribution in [0.5, 0.6) is 0 Å². The number of rotatable bonds is 10. The van der Waals surface area contributed by atoms with Crippen LogP contribution in [-0.2, 0) is 20.7 Å². The summed E-state index contributed by atoms with van der Waals surface area (Å²) in [6.45, 7) is 11.0. The van der Waals surface area contributed by atoms with Crippen molar-refractivity contribution in [3.63, 3.8) is 0 Å². The zero-order valence-corrected chi connectivity index (χ0v) is 25.3. The molecule has 0 aliphatic carbocycles. The van der Waals surface area contributed by atoms with E-state index in [0.717, 1.165) is 11.1 Å². The molecule has 3 amide bonds. The highest BCUT2D eigenvalue weighted by atomic mass is 16.6. The first-order chi connectivity index (χ1) is 19.9. The number of nitrogens with zero attached hydrogens (tertiary/aromatic N) is 1. The van der Waals surface area contributed by atoms with Crippen LogP contribution in [0.25, 0.3) is 0 Å². The van der Waals surface area contributed by atoms with Crippen molar-refractivity contribution >= 4 is 23.6 Å². The number of nitrogens with one attached hydrogen (secondary N) is 2. The van der Waals surface area contributed by atoms with Gasteiger partial charge in [-0.3, -0.25) is 9.59 Å². The fourth-order valence-corrected chi connectivity index (χ4v) is 4.59. The number of terminal acetylenes is 1. The second-order valence-electron chi connectivity index (χ2n) is 11.4. The highest BCUT2D eigenvalue weighted by molar-refractivity contribution is 5.99. The molecular weight excluding hydrogens is 526 g/mol. The minimum Gasteiger partial charge on any atom is -0.444 e. The Morgan fingerprint density at radius 1 is 0.952 bits per heavy atom. The standard InChI is InChI=1S/C35H41N3O4/c1-8-25(4)38(33(40)30(23-27-16-11-10-12-17-27)37-34(41)42-35(5,6)7)31(28-21-19-26(9-2)20-22-28)32(39)36-29-18-14-13-15-24(29)3/h2,10-22,25,30-31H,8,23H2,1,3-7H3,(H,36,39)(H,37,41). The number of ether oxygens (including phenoxy) is 1. The molecule has 3 atom stereocenters. The minimum absolute atomic E-state index is 0.216. The van der Waals surface area contributed by atoms with Gasteiger partial charge in [0, 0.05) is 23.7 Å². The number of carbonyl (C=O) groups excluding carboxylic acids is 3. The van der Waals surface area contributed by atoms with E-state index < -0.39 is 29.7 Å². The van der Waals surface area contributed by atoms with Crippen molar-refractivity contribution in [1.82, 2.24) is 10.2 Å². The van der Waals surface area contributed by atoms with Gasteiger partial charge in [0.1, 0.15) is 17.7 Å². The molecule has 7 nitrogen and oxygen atoms in total. The number of hydrogen-bond acceptors (Lipinski definition) is 4. The van der Waals surface area contributed by atoms with Gasteiger partial charge in [0.15, 0.2) is 0 Å². The largest absolute Gasteiger partial charge is 0.444 e. The van der Waals surface area contributed by atoms with Crippen LogP contribution in [0.3, 0.4) is 0 Å². The highest BCUT2D eigenvalue weighted by Crippen LogP contribution is 2.29. The normalized spacial score (nSPS) is 13.2. The molecule has 3 unspecified atom stereocenters. The highest BCUT2D eigenvalue weighted by Gasteiger charge is 2.38. The molecule has 2 N–H and O–H groups in total.